The van der Waals surface area contributed by atoms with Gasteiger partial charge >= 0.3 is 11.9 Å². The highest BCUT2D eigenvalue weighted by Crippen LogP contribution is 2.45. The zero-order chi connectivity index (χ0) is 17.6. The van der Waals surface area contributed by atoms with Crippen molar-refractivity contribution in [1.29, 1.82) is 0 Å². The molecule has 1 rings (SSSR count). The van der Waals surface area contributed by atoms with Gasteiger partial charge in [0.15, 0.2) is 6.10 Å². The van der Waals surface area contributed by atoms with E-state index in [2.05, 4.69) is 20.8 Å². The van der Waals surface area contributed by atoms with Gasteiger partial charge in [0.25, 0.3) is 0 Å². The van der Waals surface area contributed by atoms with Crippen LogP contribution in [0.5, 0.6) is 0 Å². The molecule has 1 aliphatic rings. The molecular weight excluding hydrogens is 299 g/mol. The first kappa shape index (κ1) is 19.4. The number of hydrogen-bond donors (Lipinski definition) is 0. The smallest absolute Gasteiger partial charge is 0.316 e. The molecule has 1 fully saturated rings. The van der Waals surface area contributed by atoms with Crippen LogP contribution in [0, 0.1) is 10.8 Å². The van der Waals surface area contributed by atoms with Gasteiger partial charge in [-0.15, -0.1) is 8.58 Å². The lowest BCUT2D eigenvalue weighted by molar-refractivity contribution is -0.164. The Balaban J connectivity index is 3.02. The molecule has 4 nitrogen and oxygen atoms in total. The predicted molar refractivity (Wildman–Crippen MR) is 90.5 cm³/mol. The van der Waals surface area contributed by atoms with E-state index in [0.29, 0.717) is 8.58 Å². The van der Waals surface area contributed by atoms with E-state index in [1.807, 2.05) is 13.6 Å². The van der Waals surface area contributed by atoms with Crippen LogP contribution in [-0.2, 0) is 19.1 Å². The number of hydrogen-bond acceptors (Lipinski definition) is 4. The summed E-state index contributed by atoms with van der Waals surface area (Å²) >= 11 is 0. The summed E-state index contributed by atoms with van der Waals surface area (Å²) in [6.45, 7) is 17.5. The summed E-state index contributed by atoms with van der Waals surface area (Å²) in [6, 6.07) is 0. The first-order chi connectivity index (χ1) is 9.66. The van der Waals surface area contributed by atoms with Crippen molar-refractivity contribution >= 4 is 20.5 Å². The second-order valence-corrected chi connectivity index (χ2v) is 10.4. The highest BCUT2D eigenvalue weighted by atomic mass is 31.1. The van der Waals surface area contributed by atoms with Crippen molar-refractivity contribution in [3.63, 3.8) is 0 Å². The van der Waals surface area contributed by atoms with Crippen LogP contribution in [0.25, 0.3) is 0 Å². The second kappa shape index (κ2) is 5.78. The minimum atomic E-state index is -0.821. The maximum Gasteiger partial charge on any atom is 0.316 e. The number of cyclic esters (lactones) is 1. The summed E-state index contributed by atoms with van der Waals surface area (Å²) in [5.41, 5.74) is -1.59. The number of carbonyl (C=O) groups excluding carboxylic acids is 2. The number of esters is 2. The molecule has 0 bridgehead atoms. The minimum absolute atomic E-state index is 0.0316. The van der Waals surface area contributed by atoms with E-state index in [1.54, 1.807) is 27.7 Å². The Kier molecular flexibility index (Phi) is 5.10. The van der Waals surface area contributed by atoms with E-state index in [9.17, 15) is 9.59 Å². The van der Waals surface area contributed by atoms with Crippen molar-refractivity contribution in [3.8, 4) is 0 Å². The van der Waals surface area contributed by atoms with Crippen molar-refractivity contribution in [2.45, 2.75) is 78.7 Å². The van der Waals surface area contributed by atoms with Gasteiger partial charge in [-0.3, -0.25) is 9.59 Å². The van der Waals surface area contributed by atoms with Gasteiger partial charge in [-0.25, -0.2) is 0 Å². The van der Waals surface area contributed by atoms with Gasteiger partial charge in [0.2, 0.25) is 0 Å². The first-order valence-corrected chi connectivity index (χ1v) is 9.29. The lowest BCUT2D eigenvalue weighted by Crippen LogP contribution is -2.47. The van der Waals surface area contributed by atoms with Crippen LogP contribution in [0.2, 0.25) is 0 Å². The second-order valence-electron chi connectivity index (χ2n) is 8.82. The Labute approximate surface area is 136 Å². The van der Waals surface area contributed by atoms with Gasteiger partial charge in [0.05, 0.1) is 5.16 Å². The van der Waals surface area contributed by atoms with Gasteiger partial charge in [-0.05, 0) is 53.1 Å². The molecule has 1 saturated heterocycles. The highest BCUT2D eigenvalue weighted by molar-refractivity contribution is 7.40. The van der Waals surface area contributed by atoms with Crippen LogP contribution >= 0.6 is 8.58 Å². The molecule has 0 aromatic rings. The normalized spacial score (nSPS) is 26.8. The molecule has 0 saturated carbocycles. The minimum Gasteiger partial charge on any atom is -0.456 e. The van der Waals surface area contributed by atoms with Gasteiger partial charge in [0.1, 0.15) is 11.0 Å². The van der Waals surface area contributed by atoms with E-state index in [4.69, 9.17) is 9.47 Å². The molecule has 0 amide bonds. The van der Waals surface area contributed by atoms with Gasteiger partial charge in [0, 0.05) is 0 Å². The zero-order valence-corrected chi connectivity index (χ0v) is 16.4. The molecule has 0 aromatic heterocycles. The van der Waals surface area contributed by atoms with Crippen LogP contribution in [-0.4, -0.2) is 35.5 Å². The lowest BCUT2D eigenvalue weighted by atomic mass is 9.81. The van der Waals surface area contributed by atoms with Crippen LogP contribution < -0.4 is 0 Å². The summed E-state index contributed by atoms with van der Waals surface area (Å²) in [6.07, 6.45) is 0.173. The fourth-order valence-corrected chi connectivity index (χ4v) is 4.22. The maximum atomic E-state index is 12.8. The summed E-state index contributed by atoms with van der Waals surface area (Å²) in [5, 5.41) is -0.532. The van der Waals surface area contributed by atoms with Crippen LogP contribution in [0.4, 0.5) is 0 Å². The fourth-order valence-electron chi connectivity index (χ4n) is 3.25. The largest absolute Gasteiger partial charge is 0.456 e. The molecule has 1 heterocycles. The third kappa shape index (κ3) is 3.82. The molecule has 3 unspecified atom stereocenters. The average molecular weight is 330 g/mol. The maximum absolute atomic E-state index is 12.8. The van der Waals surface area contributed by atoms with E-state index in [1.165, 1.54) is 0 Å². The quantitative estimate of drug-likeness (QED) is 0.582. The SMILES string of the molecule is CPC(C)(CC(C)(C)C)C(=O)OC1C(C)(C)OC(=O)C1(C)C. The molecule has 0 radical (unpaired) electrons. The van der Waals surface area contributed by atoms with E-state index < -0.39 is 22.3 Å². The molecule has 0 aliphatic carbocycles. The van der Waals surface area contributed by atoms with Crippen molar-refractivity contribution in [3.05, 3.63) is 0 Å². The van der Waals surface area contributed by atoms with Crippen molar-refractivity contribution in [2.24, 2.45) is 10.8 Å². The topological polar surface area (TPSA) is 52.6 Å². The average Bonchev–Trinajstić information content (AvgIpc) is 2.45. The Morgan fingerprint density at radius 2 is 1.73 bits per heavy atom. The van der Waals surface area contributed by atoms with Crippen LogP contribution in [0.15, 0.2) is 0 Å². The molecule has 0 spiro atoms. The summed E-state index contributed by atoms with van der Waals surface area (Å²) < 4.78 is 11.2. The zero-order valence-electron chi connectivity index (χ0n) is 15.4. The molecule has 0 aromatic carbocycles. The Morgan fingerprint density at radius 1 is 1.23 bits per heavy atom. The third-order valence-electron chi connectivity index (χ3n) is 4.28. The van der Waals surface area contributed by atoms with Gasteiger partial charge in [-0.1, -0.05) is 20.8 Å². The summed E-state index contributed by atoms with van der Waals surface area (Å²) in [4.78, 5) is 24.9. The van der Waals surface area contributed by atoms with Crippen LogP contribution in [0.3, 0.4) is 0 Å². The Morgan fingerprint density at radius 3 is 2.05 bits per heavy atom. The van der Waals surface area contributed by atoms with Crippen LogP contribution in [0.1, 0.15) is 61.8 Å². The molecule has 3 atom stereocenters. The number of rotatable bonds is 4. The molecule has 22 heavy (non-hydrogen) atoms. The molecular formula is C17H31O4P. The molecule has 1 aliphatic heterocycles. The fraction of sp³-hybridized carbons (Fsp3) is 0.882. The van der Waals surface area contributed by atoms with Crippen molar-refractivity contribution in [2.75, 3.05) is 6.66 Å². The number of carbonyl (C=O) groups is 2. The van der Waals surface area contributed by atoms with E-state index in [-0.39, 0.29) is 17.4 Å². The van der Waals surface area contributed by atoms with Crippen molar-refractivity contribution in [1.82, 2.24) is 0 Å². The van der Waals surface area contributed by atoms with E-state index in [0.717, 1.165) is 6.42 Å². The monoisotopic (exact) mass is 330 g/mol. The third-order valence-corrected chi connectivity index (χ3v) is 5.76. The Hall–Kier alpha value is -0.630. The van der Waals surface area contributed by atoms with Crippen molar-refractivity contribution < 1.29 is 19.1 Å². The molecule has 128 valence electrons. The van der Waals surface area contributed by atoms with Gasteiger partial charge < -0.3 is 9.47 Å². The van der Waals surface area contributed by atoms with Gasteiger partial charge in [-0.2, -0.15) is 0 Å². The first-order valence-electron chi connectivity index (χ1n) is 7.79. The lowest BCUT2D eigenvalue weighted by Gasteiger charge is -2.37. The summed E-state index contributed by atoms with van der Waals surface area (Å²) in [5.74, 6) is -0.542. The van der Waals surface area contributed by atoms with E-state index >= 15 is 0 Å². The predicted octanol–water partition coefficient (Wildman–Crippen LogP) is 3.76. The summed E-state index contributed by atoms with van der Waals surface area (Å²) in [7, 11) is 0.436. The Bertz CT molecular complexity index is 462. The standard InChI is InChI=1S/C17H31O4P/c1-14(2,3)10-17(8,22-9)13(19)20-11-15(4,5)12(18)21-16(11,6)7/h11,22H,10H2,1-9H3. The highest BCUT2D eigenvalue weighted by Gasteiger charge is 2.59. The molecule has 0 N–H and O–H groups in total. The number of ether oxygens (including phenoxy) is 2. The molecule has 5 heteroatoms.